The van der Waals surface area contributed by atoms with Crippen molar-refractivity contribution in [1.29, 1.82) is 0 Å². The molecule has 0 amide bonds. The average Bonchev–Trinajstić information content (AvgIpc) is 3.59. The Balaban J connectivity index is 0.901. The first-order valence-corrected chi connectivity index (χ1v) is 24.9. The van der Waals surface area contributed by atoms with Crippen LogP contribution in [-0.4, -0.2) is 152 Å². The number of hydrogen-bond acceptors (Lipinski definition) is 16. The zero-order valence-electron chi connectivity index (χ0n) is 41.2. The molecule has 16 nitrogen and oxygen atoms in total. The van der Waals surface area contributed by atoms with Crippen LogP contribution in [0.5, 0.6) is 0 Å². The van der Waals surface area contributed by atoms with Gasteiger partial charge in [-0.2, -0.15) is 0 Å². The maximum atomic E-state index is 13.8. The van der Waals surface area contributed by atoms with Gasteiger partial charge in [0.2, 0.25) is 0 Å². The highest BCUT2D eigenvalue weighted by atomic mass is 16.8. The van der Waals surface area contributed by atoms with Gasteiger partial charge in [0.05, 0.1) is 47.8 Å². The lowest BCUT2D eigenvalue weighted by atomic mass is 9.42. The summed E-state index contributed by atoms with van der Waals surface area (Å²) in [4.78, 5) is 26.0. The zero-order valence-corrected chi connectivity index (χ0v) is 41.2. The molecule has 0 aromatic heterocycles. The van der Waals surface area contributed by atoms with Crippen molar-refractivity contribution < 1.29 is 77.0 Å². The van der Waals surface area contributed by atoms with Crippen molar-refractivity contribution in [2.24, 2.45) is 34.5 Å². The van der Waals surface area contributed by atoms with Crippen LogP contribution in [0.2, 0.25) is 0 Å². The minimum absolute atomic E-state index is 0.00864. The zero-order chi connectivity index (χ0) is 48.2. The summed E-state index contributed by atoms with van der Waals surface area (Å²) in [5.74, 6) is -0.491. The van der Waals surface area contributed by atoms with Crippen LogP contribution < -0.4 is 0 Å². The van der Waals surface area contributed by atoms with Crippen LogP contribution in [0.4, 0.5) is 0 Å². The standard InChI is InChI=1S/C51H78O16/c1-26(60-30(5)52)34-19-21-51(56)35-17-16-32-22-33(18-20-49(32,6)36(35)23-39(50(34,51)7)65-47(55)31-14-12-11-13-15-31)64-40-24-37(57-8)44(28(3)61-40)66-41-25-38(58-9)45(29(4)62-41)67-48-43(54)46(59-10)42(53)27(2)63-48/h11-15,26-29,32-46,48,53-54,56H,16-25H2,1-10H3/t26-,27-,28-,29-,32+,33+,34-,35-,36+,37+,38+,39-,40+,41+,42-,43-,44-,45-,46-,48+,49+,50+,51+/m1/s1. The van der Waals surface area contributed by atoms with Crippen LogP contribution in [0.1, 0.15) is 123 Å². The van der Waals surface area contributed by atoms with Crippen molar-refractivity contribution >= 4 is 11.9 Å². The number of aliphatic hydroxyl groups is 3. The number of fused-ring (bicyclic) bond motifs is 5. The van der Waals surface area contributed by atoms with Gasteiger partial charge < -0.3 is 67.4 Å². The second-order valence-electron chi connectivity index (χ2n) is 21.3. The first-order valence-electron chi connectivity index (χ1n) is 24.9. The molecule has 8 rings (SSSR count). The van der Waals surface area contributed by atoms with Crippen LogP contribution in [0.3, 0.4) is 0 Å². The van der Waals surface area contributed by atoms with E-state index in [0.29, 0.717) is 43.6 Å². The molecular weight excluding hydrogens is 869 g/mol. The van der Waals surface area contributed by atoms with E-state index in [4.69, 9.17) is 52.1 Å². The van der Waals surface area contributed by atoms with Crippen molar-refractivity contribution in [3.05, 3.63) is 35.9 Å². The molecule has 7 aliphatic rings. The molecule has 16 heteroatoms. The number of benzene rings is 1. The van der Waals surface area contributed by atoms with Crippen molar-refractivity contribution in [3.8, 4) is 0 Å². The Morgan fingerprint density at radius 2 is 1.36 bits per heavy atom. The van der Waals surface area contributed by atoms with Gasteiger partial charge in [-0.05, 0) is 114 Å². The van der Waals surface area contributed by atoms with Crippen LogP contribution >= 0.6 is 0 Å². The van der Waals surface area contributed by atoms with Crippen LogP contribution in [0.15, 0.2) is 30.3 Å². The number of rotatable bonds is 13. The predicted molar refractivity (Wildman–Crippen MR) is 240 cm³/mol. The lowest BCUT2D eigenvalue weighted by Crippen LogP contribution is -2.68. The maximum absolute atomic E-state index is 13.8. The largest absolute Gasteiger partial charge is 0.463 e. The molecule has 3 heterocycles. The topological polar surface area (TPSA) is 196 Å². The number of aliphatic hydroxyl groups excluding tert-OH is 2. The summed E-state index contributed by atoms with van der Waals surface area (Å²) in [6.45, 7) is 13.3. The molecule has 0 radical (unpaired) electrons. The van der Waals surface area contributed by atoms with Crippen LogP contribution in [-0.2, 0) is 56.9 Å². The minimum atomic E-state index is -1.22. The Morgan fingerprint density at radius 1 is 0.716 bits per heavy atom. The third kappa shape index (κ3) is 9.50. The van der Waals surface area contributed by atoms with Crippen molar-refractivity contribution in [1.82, 2.24) is 0 Å². The average molecular weight is 947 g/mol. The molecule has 0 bridgehead atoms. The smallest absolute Gasteiger partial charge is 0.338 e. The highest BCUT2D eigenvalue weighted by Gasteiger charge is 2.72. The van der Waals surface area contributed by atoms with E-state index in [1.807, 2.05) is 39.0 Å². The second-order valence-corrected chi connectivity index (χ2v) is 21.3. The van der Waals surface area contributed by atoms with Crippen LogP contribution in [0, 0.1) is 34.5 Å². The molecule has 1 aromatic carbocycles. The number of carbonyl (C=O) groups is 2. The number of hydrogen-bond donors (Lipinski definition) is 3. The quantitative estimate of drug-likeness (QED) is 0.166. The van der Waals surface area contributed by atoms with E-state index >= 15 is 0 Å². The monoisotopic (exact) mass is 947 g/mol. The van der Waals surface area contributed by atoms with Gasteiger partial charge in [0.25, 0.3) is 0 Å². The molecule has 23 atom stereocenters. The molecule has 3 aliphatic heterocycles. The molecular formula is C51H78O16. The lowest BCUT2D eigenvalue weighted by Gasteiger charge is -2.65. The minimum Gasteiger partial charge on any atom is -0.463 e. The van der Waals surface area contributed by atoms with Crippen molar-refractivity contribution in [2.45, 2.75) is 216 Å². The van der Waals surface area contributed by atoms with Gasteiger partial charge in [-0.25, -0.2) is 4.79 Å². The molecule has 4 saturated carbocycles. The Hall–Kier alpha value is -2.32. The molecule has 7 fully saturated rings. The molecule has 3 N–H and O–H groups in total. The molecule has 378 valence electrons. The summed E-state index contributed by atoms with van der Waals surface area (Å²) >= 11 is 0. The molecule has 1 aromatic rings. The number of ether oxygens (including phenoxy) is 11. The molecule has 0 spiro atoms. The highest BCUT2D eigenvalue weighted by molar-refractivity contribution is 5.89. The third-order valence-corrected chi connectivity index (χ3v) is 18.0. The van der Waals surface area contributed by atoms with Crippen LogP contribution in [0.25, 0.3) is 0 Å². The number of esters is 2. The summed E-state index contributed by atoms with van der Waals surface area (Å²) < 4.78 is 68.1. The number of carbonyl (C=O) groups excluding carboxylic acids is 2. The van der Waals surface area contributed by atoms with Crippen molar-refractivity contribution in [2.75, 3.05) is 21.3 Å². The van der Waals surface area contributed by atoms with Gasteiger partial charge in [-0.1, -0.05) is 32.0 Å². The first-order chi connectivity index (χ1) is 31.9. The van der Waals surface area contributed by atoms with E-state index in [2.05, 4.69) is 13.8 Å². The van der Waals surface area contributed by atoms with E-state index in [0.717, 1.165) is 32.1 Å². The molecule has 4 aliphatic carbocycles. The summed E-state index contributed by atoms with van der Waals surface area (Å²) in [7, 11) is 4.70. The molecule has 0 unspecified atom stereocenters. The number of methoxy groups -OCH3 is 3. The lowest BCUT2D eigenvalue weighted by molar-refractivity contribution is -0.352. The second kappa shape index (κ2) is 20.4. The van der Waals surface area contributed by atoms with E-state index in [1.165, 1.54) is 14.0 Å². The van der Waals surface area contributed by atoms with E-state index in [-0.39, 0.29) is 41.3 Å². The van der Waals surface area contributed by atoms with E-state index < -0.39 is 103 Å². The fourth-order valence-corrected chi connectivity index (χ4v) is 14.3. The Morgan fingerprint density at radius 3 is 1.99 bits per heavy atom. The maximum Gasteiger partial charge on any atom is 0.338 e. The SMILES string of the molecule is CO[C@H]1[C@@H](O)[C@H](O[C@H]2[C@@H](OC)C[C@H](O[C@H]3[C@@H](OC)C[C@H](O[C@H]4CC[C@@]5(C)[C@@H](CC[C@@H]6[C@@H]5C[C@@H](OC(=O)c5ccccc5)[C@]5(C)[C@@H]([C@@H](C)OC(C)=O)CC[C@]65O)C4)O[C@@H]3C)O[C@@H]2C)O[C@H](C)[C@H]1O. The summed E-state index contributed by atoms with van der Waals surface area (Å²) in [6, 6.07) is 9.04. The Labute approximate surface area is 396 Å². The fourth-order valence-electron chi connectivity index (χ4n) is 14.3. The molecule has 67 heavy (non-hydrogen) atoms. The normalized spacial score (nSPS) is 48.0. The van der Waals surface area contributed by atoms with Gasteiger partial charge in [0.15, 0.2) is 18.9 Å². The summed E-state index contributed by atoms with van der Waals surface area (Å²) in [5.41, 5.74) is -1.57. The van der Waals surface area contributed by atoms with Gasteiger partial charge in [-0.3, -0.25) is 4.79 Å². The third-order valence-electron chi connectivity index (χ3n) is 18.0. The van der Waals surface area contributed by atoms with Crippen molar-refractivity contribution in [3.63, 3.8) is 0 Å². The van der Waals surface area contributed by atoms with Gasteiger partial charge >= 0.3 is 11.9 Å². The Kier molecular flexibility index (Phi) is 15.6. The summed E-state index contributed by atoms with van der Waals surface area (Å²) in [5, 5.41) is 34.5. The predicted octanol–water partition coefficient (Wildman–Crippen LogP) is 5.48. The van der Waals surface area contributed by atoms with Gasteiger partial charge in [-0.15, -0.1) is 0 Å². The van der Waals surface area contributed by atoms with Gasteiger partial charge in [0.1, 0.15) is 42.7 Å². The Bertz CT molecular complexity index is 1840. The fraction of sp³-hybridized carbons (Fsp3) is 0.843. The first kappa shape index (κ1) is 51.0. The molecule has 3 saturated heterocycles. The van der Waals surface area contributed by atoms with Gasteiger partial charge in [0, 0.05) is 52.4 Å². The van der Waals surface area contributed by atoms with E-state index in [1.54, 1.807) is 33.3 Å². The highest BCUT2D eigenvalue weighted by Crippen LogP contribution is 2.70. The summed E-state index contributed by atoms with van der Waals surface area (Å²) in [6.07, 6.45) is -2.74. The van der Waals surface area contributed by atoms with E-state index in [9.17, 15) is 24.9 Å².